The molecule has 0 N–H and O–H groups in total. The summed E-state index contributed by atoms with van der Waals surface area (Å²) in [4.78, 5) is 40.0. The molecule has 0 fully saturated rings. The number of rotatable bonds is 8. The first-order valence-electron chi connectivity index (χ1n) is 6.95. The molecular formula is C14H16N2O6. The van der Waals surface area contributed by atoms with Gasteiger partial charge in [0.2, 0.25) is 0 Å². The number of carbonyl (C=O) groups excluding carboxylic acids is 2. The second-order valence-corrected chi connectivity index (χ2v) is 4.64. The molecular weight excluding hydrogens is 292 g/mol. The van der Waals surface area contributed by atoms with Gasteiger partial charge in [0.05, 0.1) is 24.3 Å². The summed E-state index contributed by atoms with van der Waals surface area (Å²) >= 11 is 0. The molecule has 1 heterocycles. The predicted octanol–water partition coefficient (Wildman–Crippen LogP) is 1.67. The number of imide groups is 1. The van der Waals surface area contributed by atoms with Crippen molar-refractivity contribution >= 4 is 11.8 Å². The summed E-state index contributed by atoms with van der Waals surface area (Å²) < 4.78 is 5.39. The molecule has 0 atom stereocenters. The summed E-state index contributed by atoms with van der Waals surface area (Å²) in [5, 5.41) is 9.16. The first-order chi connectivity index (χ1) is 10.6. The summed E-state index contributed by atoms with van der Waals surface area (Å²) in [5.74, 6) is -0.353. The molecule has 0 aromatic heterocycles. The van der Waals surface area contributed by atoms with E-state index in [1.54, 1.807) is 25.1 Å². The third-order valence-corrected chi connectivity index (χ3v) is 3.23. The molecule has 1 aliphatic rings. The van der Waals surface area contributed by atoms with Crippen LogP contribution < -0.4 is 4.74 Å². The number of unbranched alkanes of at least 4 members (excludes halogenated alkanes) is 1. The Morgan fingerprint density at radius 3 is 2.68 bits per heavy atom. The number of benzene rings is 1. The Morgan fingerprint density at radius 1 is 1.23 bits per heavy atom. The maximum absolute atomic E-state index is 12.4. The summed E-state index contributed by atoms with van der Waals surface area (Å²) in [7, 11) is 0. The molecule has 1 aromatic carbocycles. The van der Waals surface area contributed by atoms with E-state index < -0.39 is 5.09 Å². The van der Waals surface area contributed by atoms with E-state index in [0.29, 0.717) is 30.8 Å². The number of carbonyl (C=O) groups is 2. The van der Waals surface area contributed by atoms with Gasteiger partial charge in [0.15, 0.2) is 0 Å². The molecule has 2 rings (SSSR count). The zero-order chi connectivity index (χ0) is 16.1. The fourth-order valence-corrected chi connectivity index (χ4v) is 2.29. The third kappa shape index (κ3) is 3.16. The van der Waals surface area contributed by atoms with Gasteiger partial charge in [-0.05, 0) is 31.9 Å². The van der Waals surface area contributed by atoms with Gasteiger partial charge in [-0.25, -0.2) is 0 Å². The molecule has 22 heavy (non-hydrogen) atoms. The van der Waals surface area contributed by atoms with Crippen molar-refractivity contribution in [1.29, 1.82) is 0 Å². The van der Waals surface area contributed by atoms with Crippen LogP contribution in [0.25, 0.3) is 0 Å². The van der Waals surface area contributed by atoms with E-state index in [4.69, 9.17) is 4.74 Å². The quantitative estimate of drug-likeness (QED) is 0.313. The second kappa shape index (κ2) is 6.88. The minimum atomic E-state index is -0.865. The first-order valence-corrected chi connectivity index (χ1v) is 6.95. The van der Waals surface area contributed by atoms with Crippen molar-refractivity contribution in [1.82, 2.24) is 4.90 Å². The van der Waals surface area contributed by atoms with Crippen molar-refractivity contribution in [2.24, 2.45) is 0 Å². The van der Waals surface area contributed by atoms with Gasteiger partial charge in [0, 0.05) is 6.54 Å². The zero-order valence-corrected chi connectivity index (χ0v) is 12.1. The molecule has 0 unspecified atom stereocenters. The highest BCUT2D eigenvalue weighted by Crippen LogP contribution is 2.31. The molecule has 0 saturated heterocycles. The topological polar surface area (TPSA) is 99.0 Å². The minimum Gasteiger partial charge on any atom is -0.493 e. The average Bonchev–Trinajstić information content (AvgIpc) is 2.72. The van der Waals surface area contributed by atoms with Crippen LogP contribution in [0.2, 0.25) is 0 Å². The number of hydrogen-bond acceptors (Lipinski definition) is 6. The Labute approximate surface area is 126 Å². The van der Waals surface area contributed by atoms with E-state index in [9.17, 15) is 19.7 Å². The van der Waals surface area contributed by atoms with Crippen molar-refractivity contribution < 1.29 is 24.3 Å². The van der Waals surface area contributed by atoms with Crippen LogP contribution >= 0.6 is 0 Å². The molecule has 8 heteroatoms. The van der Waals surface area contributed by atoms with Gasteiger partial charge in [-0.2, -0.15) is 0 Å². The lowest BCUT2D eigenvalue weighted by Crippen LogP contribution is -2.31. The molecule has 0 spiro atoms. The van der Waals surface area contributed by atoms with E-state index in [1.807, 2.05) is 0 Å². The Kier molecular flexibility index (Phi) is 4.92. The van der Waals surface area contributed by atoms with Crippen molar-refractivity contribution in [3.05, 3.63) is 39.4 Å². The van der Waals surface area contributed by atoms with Crippen molar-refractivity contribution in [2.45, 2.75) is 19.8 Å². The van der Waals surface area contributed by atoms with Crippen LogP contribution in [0.1, 0.15) is 40.5 Å². The summed E-state index contributed by atoms with van der Waals surface area (Å²) in [5.41, 5.74) is 0.619. The molecule has 118 valence electrons. The minimum absolute atomic E-state index is 0.0552. The van der Waals surface area contributed by atoms with E-state index in [2.05, 4.69) is 4.84 Å². The molecule has 0 saturated carbocycles. The molecule has 8 nitrogen and oxygen atoms in total. The molecule has 0 aliphatic carbocycles. The standard InChI is InChI=1S/C14H16N2O6/c1-2-21-11-7-5-6-10-12(11)14(18)15(13(10)17)8-3-4-9-22-16(19)20/h5-7H,2-4,8-9H2,1H3. The molecule has 1 aliphatic heterocycles. The SMILES string of the molecule is CCOc1cccc2c1C(=O)N(CCCCO[N+](=O)[O-])C2=O. The largest absolute Gasteiger partial charge is 0.493 e. The van der Waals surface area contributed by atoms with Gasteiger partial charge in [-0.3, -0.25) is 14.5 Å². The van der Waals surface area contributed by atoms with Crippen LogP contribution in [0.15, 0.2) is 18.2 Å². The lowest BCUT2D eigenvalue weighted by molar-refractivity contribution is -0.757. The van der Waals surface area contributed by atoms with Crippen molar-refractivity contribution in [2.75, 3.05) is 19.8 Å². The normalized spacial score (nSPS) is 13.2. The van der Waals surface area contributed by atoms with Gasteiger partial charge < -0.3 is 9.57 Å². The van der Waals surface area contributed by atoms with Gasteiger partial charge in [-0.1, -0.05) is 6.07 Å². The van der Waals surface area contributed by atoms with Crippen LogP contribution in [0.3, 0.4) is 0 Å². The maximum Gasteiger partial charge on any atom is 0.294 e. The highest BCUT2D eigenvalue weighted by atomic mass is 16.9. The maximum atomic E-state index is 12.4. The number of ether oxygens (including phenoxy) is 1. The van der Waals surface area contributed by atoms with Crippen LogP contribution in [0.5, 0.6) is 5.75 Å². The Bertz CT molecular complexity index is 601. The highest BCUT2D eigenvalue weighted by Gasteiger charge is 2.37. The fraction of sp³-hybridized carbons (Fsp3) is 0.429. The van der Waals surface area contributed by atoms with Gasteiger partial charge in [0.25, 0.3) is 16.9 Å². The van der Waals surface area contributed by atoms with Crippen LogP contribution in [-0.2, 0) is 4.84 Å². The van der Waals surface area contributed by atoms with Crippen molar-refractivity contribution in [3.8, 4) is 5.75 Å². The lowest BCUT2D eigenvalue weighted by atomic mass is 10.1. The van der Waals surface area contributed by atoms with E-state index in [1.165, 1.54) is 0 Å². The number of hydrogen-bond donors (Lipinski definition) is 0. The number of nitrogens with zero attached hydrogens (tertiary/aromatic N) is 2. The number of amides is 2. The van der Waals surface area contributed by atoms with E-state index in [0.717, 1.165) is 4.90 Å². The summed E-state index contributed by atoms with van der Waals surface area (Å²) in [6, 6.07) is 4.92. The van der Waals surface area contributed by atoms with Gasteiger partial charge in [0.1, 0.15) is 5.75 Å². The molecule has 0 radical (unpaired) electrons. The fourth-order valence-electron chi connectivity index (χ4n) is 2.29. The Morgan fingerprint density at radius 2 is 2.00 bits per heavy atom. The first kappa shape index (κ1) is 15.7. The van der Waals surface area contributed by atoms with Crippen LogP contribution in [0.4, 0.5) is 0 Å². The molecule has 1 aromatic rings. The van der Waals surface area contributed by atoms with E-state index >= 15 is 0 Å². The Hall–Kier alpha value is -2.64. The van der Waals surface area contributed by atoms with Crippen LogP contribution in [0, 0.1) is 10.1 Å². The summed E-state index contributed by atoms with van der Waals surface area (Å²) in [6.45, 7) is 2.34. The smallest absolute Gasteiger partial charge is 0.294 e. The summed E-state index contributed by atoms with van der Waals surface area (Å²) in [6.07, 6.45) is 0.815. The molecule has 2 amide bonds. The lowest BCUT2D eigenvalue weighted by Gasteiger charge is -2.13. The monoisotopic (exact) mass is 308 g/mol. The zero-order valence-electron chi connectivity index (χ0n) is 12.1. The van der Waals surface area contributed by atoms with Gasteiger partial charge >= 0.3 is 0 Å². The van der Waals surface area contributed by atoms with Gasteiger partial charge in [-0.15, -0.1) is 10.1 Å². The highest BCUT2D eigenvalue weighted by molar-refractivity contribution is 6.22. The van der Waals surface area contributed by atoms with E-state index in [-0.39, 0.29) is 30.5 Å². The average molecular weight is 308 g/mol. The third-order valence-electron chi connectivity index (χ3n) is 3.23. The Balaban J connectivity index is 2.01. The number of fused-ring (bicyclic) bond motifs is 1. The molecule has 0 bridgehead atoms. The second-order valence-electron chi connectivity index (χ2n) is 4.64. The predicted molar refractivity (Wildman–Crippen MR) is 75.2 cm³/mol. The van der Waals surface area contributed by atoms with Crippen molar-refractivity contribution in [3.63, 3.8) is 0 Å². The van der Waals surface area contributed by atoms with Crippen LogP contribution in [-0.4, -0.2) is 41.6 Å².